The van der Waals surface area contributed by atoms with Crippen LogP contribution in [-0.4, -0.2) is 17.1 Å². The molecule has 19 heavy (non-hydrogen) atoms. The molecule has 0 atom stereocenters. The fraction of sp³-hybridized carbons (Fsp3) is 0.533. The number of rotatable bonds is 3. The number of nitrogens with one attached hydrogen (secondary N) is 1. The van der Waals surface area contributed by atoms with Gasteiger partial charge in [-0.1, -0.05) is 13.8 Å². The second-order valence-electron chi connectivity index (χ2n) is 6.08. The summed E-state index contributed by atoms with van der Waals surface area (Å²) in [5.41, 5.74) is 0.777. The van der Waals surface area contributed by atoms with E-state index in [1.165, 1.54) is 12.1 Å². The lowest BCUT2D eigenvalue weighted by molar-refractivity contribution is 0.0692. The quantitative estimate of drug-likeness (QED) is 0.871. The summed E-state index contributed by atoms with van der Waals surface area (Å²) in [6, 6.07) is 4.56. The average molecular weight is 265 g/mol. The van der Waals surface area contributed by atoms with Gasteiger partial charge < -0.3 is 10.4 Å². The van der Waals surface area contributed by atoms with E-state index >= 15 is 0 Å². The van der Waals surface area contributed by atoms with E-state index in [-0.39, 0.29) is 5.56 Å². The Morgan fingerprint density at radius 2 is 2.00 bits per heavy atom. The molecule has 0 unspecified atom stereocenters. The van der Waals surface area contributed by atoms with Gasteiger partial charge in [0.2, 0.25) is 0 Å². The highest BCUT2D eigenvalue weighted by atomic mass is 19.1. The molecule has 2 N–H and O–H groups in total. The van der Waals surface area contributed by atoms with Crippen molar-refractivity contribution in [2.24, 2.45) is 5.41 Å². The van der Waals surface area contributed by atoms with Crippen molar-refractivity contribution in [3.63, 3.8) is 0 Å². The van der Waals surface area contributed by atoms with Gasteiger partial charge in [-0.15, -0.1) is 0 Å². The molecule has 0 aromatic heterocycles. The van der Waals surface area contributed by atoms with Gasteiger partial charge in [0.05, 0.1) is 5.56 Å². The largest absolute Gasteiger partial charge is 0.478 e. The fourth-order valence-corrected chi connectivity index (χ4v) is 2.56. The number of hydrogen-bond acceptors (Lipinski definition) is 2. The topological polar surface area (TPSA) is 49.3 Å². The Labute approximate surface area is 112 Å². The number of carbonyl (C=O) groups is 1. The van der Waals surface area contributed by atoms with Crippen LogP contribution in [0.5, 0.6) is 0 Å². The van der Waals surface area contributed by atoms with Gasteiger partial charge in [-0.05, 0) is 49.3 Å². The average Bonchev–Trinajstić information content (AvgIpc) is 2.31. The minimum atomic E-state index is -1.23. The van der Waals surface area contributed by atoms with Gasteiger partial charge in [0, 0.05) is 11.7 Å². The standard InChI is InChI=1S/C15H20FNO2/c1-15(2)7-5-10(6-8-15)17-11-3-4-12(14(18)19)13(16)9-11/h3-4,9-10,17H,5-8H2,1-2H3,(H,18,19). The van der Waals surface area contributed by atoms with Crippen molar-refractivity contribution in [1.82, 2.24) is 0 Å². The second kappa shape index (κ2) is 5.19. The third-order valence-corrected chi connectivity index (χ3v) is 3.91. The van der Waals surface area contributed by atoms with Crippen LogP contribution < -0.4 is 5.32 Å². The third kappa shape index (κ3) is 3.46. The maximum absolute atomic E-state index is 13.6. The molecule has 2 rings (SSSR count). The van der Waals surface area contributed by atoms with Crippen LogP contribution in [0.2, 0.25) is 0 Å². The van der Waals surface area contributed by atoms with Crippen molar-refractivity contribution >= 4 is 11.7 Å². The van der Waals surface area contributed by atoms with Crippen molar-refractivity contribution in [2.45, 2.75) is 45.6 Å². The monoisotopic (exact) mass is 265 g/mol. The number of anilines is 1. The zero-order chi connectivity index (χ0) is 14.0. The fourth-order valence-electron chi connectivity index (χ4n) is 2.56. The first kappa shape index (κ1) is 13.8. The second-order valence-corrected chi connectivity index (χ2v) is 6.08. The van der Waals surface area contributed by atoms with Gasteiger partial charge in [-0.2, -0.15) is 0 Å². The molecule has 0 aliphatic heterocycles. The molecule has 1 aliphatic carbocycles. The summed E-state index contributed by atoms with van der Waals surface area (Å²) in [6.07, 6.45) is 4.44. The van der Waals surface area contributed by atoms with Crippen molar-refractivity contribution in [1.29, 1.82) is 0 Å². The van der Waals surface area contributed by atoms with Crippen molar-refractivity contribution in [3.8, 4) is 0 Å². The van der Waals surface area contributed by atoms with Crippen molar-refractivity contribution in [2.75, 3.05) is 5.32 Å². The third-order valence-electron chi connectivity index (χ3n) is 3.91. The number of benzene rings is 1. The Balaban J connectivity index is 2.01. The highest BCUT2D eigenvalue weighted by molar-refractivity contribution is 5.88. The molecule has 1 fully saturated rings. The Morgan fingerprint density at radius 1 is 1.37 bits per heavy atom. The molecule has 1 aromatic carbocycles. The van der Waals surface area contributed by atoms with Crippen LogP contribution in [0.25, 0.3) is 0 Å². The van der Waals surface area contributed by atoms with E-state index in [1.807, 2.05) is 0 Å². The van der Waals surface area contributed by atoms with Crippen molar-refractivity contribution in [3.05, 3.63) is 29.6 Å². The molecule has 1 aromatic rings. The van der Waals surface area contributed by atoms with E-state index < -0.39 is 11.8 Å². The van der Waals surface area contributed by atoms with Crippen LogP contribution in [0.3, 0.4) is 0 Å². The van der Waals surface area contributed by atoms with E-state index in [1.54, 1.807) is 6.07 Å². The maximum Gasteiger partial charge on any atom is 0.338 e. The zero-order valence-corrected chi connectivity index (χ0v) is 11.4. The van der Waals surface area contributed by atoms with Crippen LogP contribution in [-0.2, 0) is 0 Å². The molecule has 3 nitrogen and oxygen atoms in total. The van der Waals surface area contributed by atoms with Gasteiger partial charge in [0.1, 0.15) is 5.82 Å². The Morgan fingerprint density at radius 3 is 2.53 bits per heavy atom. The highest BCUT2D eigenvalue weighted by Gasteiger charge is 2.26. The summed E-state index contributed by atoms with van der Waals surface area (Å²) in [4.78, 5) is 10.7. The number of aromatic carboxylic acids is 1. The Bertz CT molecular complexity index is 475. The molecule has 104 valence electrons. The van der Waals surface area contributed by atoms with Gasteiger partial charge in [-0.25, -0.2) is 9.18 Å². The molecular weight excluding hydrogens is 245 g/mol. The predicted molar refractivity (Wildman–Crippen MR) is 73.0 cm³/mol. The highest BCUT2D eigenvalue weighted by Crippen LogP contribution is 2.36. The zero-order valence-electron chi connectivity index (χ0n) is 11.4. The lowest BCUT2D eigenvalue weighted by atomic mass is 9.75. The molecule has 4 heteroatoms. The number of carboxylic acids is 1. The van der Waals surface area contributed by atoms with E-state index in [9.17, 15) is 9.18 Å². The summed E-state index contributed by atoms with van der Waals surface area (Å²) < 4.78 is 13.6. The lowest BCUT2D eigenvalue weighted by Gasteiger charge is -2.35. The molecule has 0 radical (unpaired) electrons. The van der Waals surface area contributed by atoms with Crippen LogP contribution >= 0.6 is 0 Å². The van der Waals surface area contributed by atoms with Crippen molar-refractivity contribution < 1.29 is 14.3 Å². The summed E-state index contributed by atoms with van der Waals surface area (Å²) in [5.74, 6) is -1.92. The molecule has 0 bridgehead atoms. The van der Waals surface area contributed by atoms with Crippen LogP contribution in [0.1, 0.15) is 49.9 Å². The summed E-state index contributed by atoms with van der Waals surface area (Å²) in [6.45, 7) is 4.54. The summed E-state index contributed by atoms with van der Waals surface area (Å²) >= 11 is 0. The minimum absolute atomic E-state index is 0.282. The molecule has 0 saturated heterocycles. The maximum atomic E-state index is 13.6. The molecule has 0 amide bonds. The first-order valence-electron chi connectivity index (χ1n) is 6.67. The Kier molecular flexibility index (Phi) is 3.78. The number of halogens is 1. The van der Waals surface area contributed by atoms with Gasteiger partial charge in [0.25, 0.3) is 0 Å². The summed E-state index contributed by atoms with van der Waals surface area (Å²) in [7, 11) is 0. The molecule has 1 aliphatic rings. The van der Waals surface area contributed by atoms with Gasteiger partial charge >= 0.3 is 5.97 Å². The lowest BCUT2D eigenvalue weighted by Crippen LogP contribution is -2.29. The Hall–Kier alpha value is -1.58. The van der Waals surface area contributed by atoms with Crippen LogP contribution in [0.15, 0.2) is 18.2 Å². The van der Waals surface area contributed by atoms with Gasteiger partial charge in [0.15, 0.2) is 0 Å². The predicted octanol–water partition coefficient (Wildman–Crippen LogP) is 3.90. The van der Waals surface area contributed by atoms with Crippen LogP contribution in [0.4, 0.5) is 10.1 Å². The number of hydrogen-bond donors (Lipinski definition) is 2. The molecule has 0 heterocycles. The van der Waals surface area contributed by atoms with Crippen LogP contribution in [0, 0.1) is 11.2 Å². The number of carboxylic acid groups (broad SMARTS) is 1. The molecular formula is C15H20FNO2. The SMILES string of the molecule is CC1(C)CCC(Nc2ccc(C(=O)O)c(F)c2)CC1. The van der Waals surface area contributed by atoms with E-state index in [2.05, 4.69) is 19.2 Å². The molecule has 1 saturated carbocycles. The van der Waals surface area contributed by atoms with E-state index in [0.29, 0.717) is 17.1 Å². The summed E-state index contributed by atoms with van der Waals surface area (Å²) in [5, 5.41) is 12.1. The van der Waals surface area contributed by atoms with Gasteiger partial charge in [-0.3, -0.25) is 0 Å². The first-order chi connectivity index (χ1) is 8.87. The first-order valence-corrected chi connectivity index (χ1v) is 6.67. The van der Waals surface area contributed by atoms with E-state index in [4.69, 9.17) is 5.11 Å². The minimum Gasteiger partial charge on any atom is -0.478 e. The van der Waals surface area contributed by atoms with E-state index in [0.717, 1.165) is 25.7 Å². The smallest absolute Gasteiger partial charge is 0.338 e. The molecule has 0 spiro atoms. The normalized spacial score (nSPS) is 19.1.